The first kappa shape index (κ1) is 23.2. The molecule has 9 heteroatoms. The molecule has 2 aromatic rings. The van der Waals surface area contributed by atoms with Gasteiger partial charge in [0.25, 0.3) is 0 Å². The van der Waals surface area contributed by atoms with E-state index in [1.807, 2.05) is 37.3 Å². The van der Waals surface area contributed by atoms with Gasteiger partial charge in [0.2, 0.25) is 5.91 Å². The standard InChI is InChI=1S/C24H29ClN4O4/c1-24(14-21(30)29(23(26)28-24)16-7-9-33-10-8-16)19-5-4-6-20(22(19)25)27-15-11-17(31-2)13-18(12-15)32-3/h4-6,11-13,16,27H,7-10,14H2,1-3H3,(H2,26,28)/t24-/m0/s1. The lowest BCUT2D eigenvalue weighted by molar-refractivity contribution is -0.132. The molecule has 176 valence electrons. The van der Waals surface area contributed by atoms with Crippen LogP contribution in [0.5, 0.6) is 11.5 Å². The van der Waals surface area contributed by atoms with Crippen molar-refractivity contribution in [1.29, 1.82) is 0 Å². The SMILES string of the molecule is COc1cc(Nc2cccc([C@]3(C)CC(=O)N(C4CCOCC4)C(N)=N3)c2Cl)cc(OC)c1. The Bertz CT molecular complexity index is 1050. The summed E-state index contributed by atoms with van der Waals surface area (Å²) in [6.07, 6.45) is 1.69. The quantitative estimate of drug-likeness (QED) is 0.658. The predicted molar refractivity (Wildman–Crippen MR) is 129 cm³/mol. The monoisotopic (exact) mass is 472 g/mol. The van der Waals surface area contributed by atoms with Gasteiger partial charge in [0.15, 0.2) is 5.96 Å². The average Bonchev–Trinajstić information content (AvgIpc) is 2.80. The van der Waals surface area contributed by atoms with Crippen molar-refractivity contribution in [2.24, 2.45) is 10.7 Å². The summed E-state index contributed by atoms with van der Waals surface area (Å²) >= 11 is 6.83. The lowest BCUT2D eigenvalue weighted by Crippen LogP contribution is -2.55. The van der Waals surface area contributed by atoms with E-state index in [0.29, 0.717) is 35.4 Å². The van der Waals surface area contributed by atoms with Gasteiger partial charge in [0.1, 0.15) is 11.5 Å². The highest BCUT2D eigenvalue weighted by atomic mass is 35.5. The van der Waals surface area contributed by atoms with Gasteiger partial charge in [0.05, 0.1) is 36.9 Å². The number of carbonyl (C=O) groups excluding carboxylic acids is 1. The Morgan fingerprint density at radius 3 is 2.45 bits per heavy atom. The largest absolute Gasteiger partial charge is 0.497 e. The van der Waals surface area contributed by atoms with E-state index in [1.165, 1.54) is 0 Å². The average molecular weight is 473 g/mol. The third kappa shape index (κ3) is 4.72. The first-order valence-corrected chi connectivity index (χ1v) is 11.3. The molecule has 0 radical (unpaired) electrons. The Hall–Kier alpha value is -2.97. The van der Waals surface area contributed by atoms with Crippen molar-refractivity contribution in [2.75, 3.05) is 32.8 Å². The van der Waals surface area contributed by atoms with Crippen LogP contribution >= 0.6 is 11.6 Å². The molecule has 0 aromatic heterocycles. The van der Waals surface area contributed by atoms with Crippen molar-refractivity contribution >= 4 is 34.8 Å². The minimum atomic E-state index is -0.871. The smallest absolute Gasteiger partial charge is 0.232 e. The highest BCUT2D eigenvalue weighted by Crippen LogP contribution is 2.42. The van der Waals surface area contributed by atoms with Gasteiger partial charge in [-0.15, -0.1) is 0 Å². The van der Waals surface area contributed by atoms with Crippen LogP contribution in [0, 0.1) is 0 Å². The number of nitrogens with one attached hydrogen (secondary N) is 1. The van der Waals surface area contributed by atoms with Gasteiger partial charge in [-0.25, -0.2) is 4.99 Å². The van der Waals surface area contributed by atoms with E-state index in [9.17, 15) is 4.79 Å². The van der Waals surface area contributed by atoms with E-state index in [1.54, 1.807) is 25.2 Å². The maximum Gasteiger partial charge on any atom is 0.232 e. The molecule has 3 N–H and O–H groups in total. The van der Waals surface area contributed by atoms with Crippen molar-refractivity contribution in [3.63, 3.8) is 0 Å². The Labute approximate surface area is 198 Å². The van der Waals surface area contributed by atoms with E-state index in [0.717, 1.165) is 24.1 Å². The lowest BCUT2D eigenvalue weighted by Gasteiger charge is -2.40. The highest BCUT2D eigenvalue weighted by molar-refractivity contribution is 6.34. The van der Waals surface area contributed by atoms with Gasteiger partial charge >= 0.3 is 0 Å². The molecule has 1 amide bonds. The van der Waals surface area contributed by atoms with Crippen molar-refractivity contribution in [1.82, 2.24) is 4.90 Å². The third-order valence-electron chi connectivity index (χ3n) is 6.14. The number of rotatable bonds is 6. The Balaban J connectivity index is 1.64. The number of nitrogens with two attached hydrogens (primary N) is 1. The fourth-order valence-corrected chi connectivity index (χ4v) is 4.80. The first-order chi connectivity index (χ1) is 15.8. The number of hydrogen-bond donors (Lipinski definition) is 2. The van der Waals surface area contributed by atoms with Crippen molar-refractivity contribution in [3.05, 3.63) is 47.0 Å². The highest BCUT2D eigenvalue weighted by Gasteiger charge is 2.41. The van der Waals surface area contributed by atoms with Gasteiger partial charge in [-0.2, -0.15) is 0 Å². The normalized spacial score (nSPS) is 21.5. The maximum absolute atomic E-state index is 13.2. The molecule has 0 aliphatic carbocycles. The summed E-state index contributed by atoms with van der Waals surface area (Å²) in [5.41, 5.74) is 7.61. The minimum absolute atomic E-state index is 0.0195. The number of anilines is 2. The van der Waals surface area contributed by atoms with Crippen molar-refractivity contribution in [3.8, 4) is 11.5 Å². The molecule has 33 heavy (non-hydrogen) atoms. The van der Waals surface area contributed by atoms with E-state index >= 15 is 0 Å². The van der Waals surface area contributed by atoms with Gasteiger partial charge in [0, 0.05) is 48.7 Å². The number of benzene rings is 2. The summed E-state index contributed by atoms with van der Waals surface area (Å²) in [7, 11) is 3.19. The van der Waals surface area contributed by atoms with Crippen LogP contribution in [0.2, 0.25) is 5.02 Å². The van der Waals surface area contributed by atoms with E-state index in [4.69, 9.17) is 36.5 Å². The number of hydrogen-bond acceptors (Lipinski definition) is 7. The molecule has 2 aromatic carbocycles. The van der Waals surface area contributed by atoms with Crippen LogP contribution in [-0.4, -0.2) is 50.2 Å². The zero-order valence-corrected chi connectivity index (χ0v) is 19.8. The molecule has 2 aliphatic rings. The van der Waals surface area contributed by atoms with Crippen LogP contribution in [0.3, 0.4) is 0 Å². The number of ether oxygens (including phenoxy) is 3. The molecule has 1 fully saturated rings. The number of halogens is 1. The van der Waals surface area contributed by atoms with Gasteiger partial charge < -0.3 is 25.3 Å². The number of methoxy groups -OCH3 is 2. The van der Waals surface area contributed by atoms with Crippen molar-refractivity contribution < 1.29 is 19.0 Å². The molecular formula is C24H29ClN4O4. The van der Waals surface area contributed by atoms with Crippen LogP contribution in [0.1, 0.15) is 31.7 Å². The van der Waals surface area contributed by atoms with Crippen LogP contribution < -0.4 is 20.5 Å². The van der Waals surface area contributed by atoms with E-state index in [2.05, 4.69) is 5.32 Å². The zero-order valence-electron chi connectivity index (χ0n) is 19.1. The molecule has 4 rings (SSSR count). The molecule has 2 heterocycles. The van der Waals surface area contributed by atoms with E-state index in [-0.39, 0.29) is 24.3 Å². The summed E-state index contributed by atoms with van der Waals surface area (Å²) in [6.45, 7) is 3.12. The second-order valence-electron chi connectivity index (χ2n) is 8.42. The maximum atomic E-state index is 13.2. The molecule has 2 aliphatic heterocycles. The van der Waals surface area contributed by atoms with Gasteiger partial charge in [-0.3, -0.25) is 9.69 Å². The van der Waals surface area contributed by atoms with Gasteiger partial charge in [-0.05, 0) is 25.8 Å². The number of nitrogens with zero attached hydrogens (tertiary/aromatic N) is 2. The molecular weight excluding hydrogens is 444 g/mol. The number of amides is 1. The molecule has 0 unspecified atom stereocenters. The molecule has 1 saturated heterocycles. The number of carbonyl (C=O) groups is 1. The van der Waals surface area contributed by atoms with Crippen molar-refractivity contribution in [2.45, 2.75) is 37.8 Å². The fraction of sp³-hybridized carbons (Fsp3) is 0.417. The summed E-state index contributed by atoms with van der Waals surface area (Å²) in [6, 6.07) is 11.1. The van der Waals surface area contributed by atoms with Crippen LogP contribution in [0.15, 0.2) is 41.4 Å². The lowest BCUT2D eigenvalue weighted by atomic mass is 9.86. The molecule has 0 saturated carbocycles. The molecule has 0 bridgehead atoms. The zero-order chi connectivity index (χ0) is 23.6. The third-order valence-corrected chi connectivity index (χ3v) is 6.54. The van der Waals surface area contributed by atoms with Crippen LogP contribution in [0.4, 0.5) is 11.4 Å². The Kier molecular flexibility index (Phi) is 6.67. The van der Waals surface area contributed by atoms with Gasteiger partial charge in [-0.1, -0.05) is 23.7 Å². The predicted octanol–water partition coefficient (Wildman–Crippen LogP) is 4.04. The summed E-state index contributed by atoms with van der Waals surface area (Å²) in [5.74, 6) is 1.48. The minimum Gasteiger partial charge on any atom is -0.497 e. The second kappa shape index (κ2) is 9.49. The van der Waals surface area contributed by atoms with Crippen LogP contribution in [-0.2, 0) is 15.1 Å². The second-order valence-corrected chi connectivity index (χ2v) is 8.80. The number of guanidine groups is 1. The Morgan fingerprint density at radius 2 is 1.85 bits per heavy atom. The summed E-state index contributed by atoms with van der Waals surface area (Å²) < 4.78 is 16.1. The molecule has 0 spiro atoms. The van der Waals surface area contributed by atoms with E-state index < -0.39 is 5.54 Å². The number of aliphatic imine (C=N–C) groups is 1. The molecule has 8 nitrogen and oxygen atoms in total. The summed E-state index contributed by atoms with van der Waals surface area (Å²) in [5, 5.41) is 3.80. The fourth-order valence-electron chi connectivity index (χ4n) is 4.42. The Morgan fingerprint density at radius 1 is 1.18 bits per heavy atom. The topological polar surface area (TPSA) is 98.4 Å². The molecule has 1 atom stereocenters. The van der Waals surface area contributed by atoms with Crippen LogP contribution in [0.25, 0.3) is 0 Å². The first-order valence-electron chi connectivity index (χ1n) is 10.9. The summed E-state index contributed by atoms with van der Waals surface area (Å²) in [4.78, 5) is 19.5.